The lowest BCUT2D eigenvalue weighted by atomic mass is 10.2. The van der Waals surface area contributed by atoms with Gasteiger partial charge in [0.25, 0.3) is 0 Å². The molecule has 0 bridgehead atoms. The van der Waals surface area contributed by atoms with Crippen molar-refractivity contribution in [3.63, 3.8) is 0 Å². The van der Waals surface area contributed by atoms with Crippen molar-refractivity contribution >= 4 is 51.4 Å². The van der Waals surface area contributed by atoms with Crippen LogP contribution in [-0.2, 0) is 11.2 Å². The predicted octanol–water partition coefficient (Wildman–Crippen LogP) is 5.07. The van der Waals surface area contributed by atoms with Crippen LogP contribution in [0.4, 0.5) is 25.7 Å². The fraction of sp³-hybridized carbons (Fsp3) is 0.105. The van der Waals surface area contributed by atoms with Crippen LogP contribution in [-0.4, -0.2) is 16.9 Å². The number of nitrogens with one attached hydrogen (secondary N) is 3. The average Bonchev–Trinajstić information content (AvgIpc) is 3.06. The van der Waals surface area contributed by atoms with Gasteiger partial charge in [-0.05, 0) is 48.9 Å². The van der Waals surface area contributed by atoms with Gasteiger partial charge in [0.05, 0.1) is 12.1 Å². The third kappa shape index (κ3) is 5.51. The number of aryl methyl sites for hydroxylation is 1. The van der Waals surface area contributed by atoms with E-state index in [4.69, 9.17) is 11.6 Å². The van der Waals surface area contributed by atoms with E-state index in [1.165, 1.54) is 35.6 Å². The maximum Gasteiger partial charge on any atom is 0.325 e. The topological polar surface area (TPSA) is 83.1 Å². The number of urea groups is 1. The summed E-state index contributed by atoms with van der Waals surface area (Å²) in [5, 5.41) is 10.5. The van der Waals surface area contributed by atoms with Crippen LogP contribution in [0.1, 0.15) is 11.3 Å². The summed E-state index contributed by atoms with van der Waals surface area (Å²) in [6.07, 6.45) is 0.0592. The van der Waals surface area contributed by atoms with Gasteiger partial charge in [0.2, 0.25) is 5.91 Å². The van der Waals surface area contributed by atoms with Crippen molar-refractivity contribution in [2.24, 2.45) is 0 Å². The zero-order valence-electron chi connectivity index (χ0n) is 14.8. The van der Waals surface area contributed by atoms with E-state index in [1.54, 1.807) is 17.5 Å². The third-order valence-corrected chi connectivity index (χ3v) is 4.73. The fourth-order valence-corrected chi connectivity index (χ4v) is 3.20. The van der Waals surface area contributed by atoms with E-state index in [0.29, 0.717) is 27.2 Å². The highest BCUT2D eigenvalue weighted by molar-refractivity contribution is 7.14. The Bertz CT molecular complexity index is 1010. The molecule has 1 aromatic heterocycles. The van der Waals surface area contributed by atoms with E-state index < -0.39 is 6.03 Å². The Balaban J connectivity index is 1.54. The van der Waals surface area contributed by atoms with Crippen LogP contribution in [0.25, 0.3) is 0 Å². The SMILES string of the molecule is Cc1ccc(Cl)cc1NC(=O)Cc1csc(NC(=O)Nc2ccc(F)cc2)n1. The summed E-state index contributed by atoms with van der Waals surface area (Å²) >= 11 is 7.15. The van der Waals surface area contributed by atoms with Gasteiger partial charge >= 0.3 is 6.03 Å². The Morgan fingerprint density at radius 3 is 2.61 bits per heavy atom. The monoisotopic (exact) mass is 418 g/mol. The van der Waals surface area contributed by atoms with E-state index in [2.05, 4.69) is 20.9 Å². The minimum Gasteiger partial charge on any atom is -0.325 e. The molecule has 3 amide bonds. The largest absolute Gasteiger partial charge is 0.325 e. The van der Waals surface area contributed by atoms with Gasteiger partial charge in [-0.2, -0.15) is 0 Å². The first-order chi connectivity index (χ1) is 13.4. The second kappa shape index (κ2) is 8.81. The summed E-state index contributed by atoms with van der Waals surface area (Å²) in [7, 11) is 0. The van der Waals surface area contributed by atoms with Gasteiger partial charge in [0, 0.05) is 21.8 Å². The molecular weight excluding hydrogens is 403 g/mol. The molecule has 0 radical (unpaired) electrons. The highest BCUT2D eigenvalue weighted by Crippen LogP contribution is 2.21. The Labute approximate surface area is 169 Å². The number of benzene rings is 2. The van der Waals surface area contributed by atoms with Gasteiger partial charge in [-0.25, -0.2) is 14.2 Å². The molecule has 0 spiro atoms. The lowest BCUT2D eigenvalue weighted by molar-refractivity contribution is -0.115. The summed E-state index contributed by atoms with van der Waals surface area (Å²) in [5.41, 5.74) is 2.52. The summed E-state index contributed by atoms with van der Waals surface area (Å²) in [5.74, 6) is -0.625. The number of amides is 3. The summed E-state index contributed by atoms with van der Waals surface area (Å²) < 4.78 is 12.9. The van der Waals surface area contributed by atoms with Gasteiger partial charge in [-0.3, -0.25) is 10.1 Å². The number of hydrogen-bond donors (Lipinski definition) is 3. The number of nitrogens with zero attached hydrogens (tertiary/aromatic N) is 1. The van der Waals surface area contributed by atoms with E-state index >= 15 is 0 Å². The molecule has 3 aromatic rings. The van der Waals surface area contributed by atoms with Crippen LogP contribution >= 0.6 is 22.9 Å². The second-order valence-corrected chi connectivity index (χ2v) is 7.21. The second-order valence-electron chi connectivity index (χ2n) is 5.91. The minimum atomic E-state index is -0.508. The smallest absolute Gasteiger partial charge is 0.325 e. The van der Waals surface area contributed by atoms with Gasteiger partial charge in [0.15, 0.2) is 5.13 Å². The molecule has 6 nitrogen and oxygen atoms in total. The molecule has 1 heterocycles. The lowest BCUT2D eigenvalue weighted by Gasteiger charge is -2.08. The van der Waals surface area contributed by atoms with Gasteiger partial charge in [0.1, 0.15) is 5.82 Å². The van der Waals surface area contributed by atoms with Crippen LogP contribution in [0.3, 0.4) is 0 Å². The first-order valence-electron chi connectivity index (χ1n) is 8.23. The normalized spacial score (nSPS) is 10.4. The van der Waals surface area contributed by atoms with Crippen molar-refractivity contribution in [2.45, 2.75) is 13.3 Å². The Morgan fingerprint density at radius 2 is 1.86 bits per heavy atom. The lowest BCUT2D eigenvalue weighted by Crippen LogP contribution is -2.19. The van der Waals surface area contributed by atoms with Crippen molar-refractivity contribution in [2.75, 3.05) is 16.0 Å². The van der Waals surface area contributed by atoms with E-state index in [0.717, 1.165) is 5.56 Å². The number of hydrogen-bond acceptors (Lipinski definition) is 4. The summed E-state index contributed by atoms with van der Waals surface area (Å²) in [4.78, 5) is 28.4. The van der Waals surface area contributed by atoms with Crippen molar-refractivity contribution in [1.29, 1.82) is 0 Å². The maximum atomic E-state index is 12.9. The zero-order valence-corrected chi connectivity index (χ0v) is 16.3. The molecule has 0 saturated carbocycles. The molecule has 144 valence electrons. The Morgan fingerprint density at radius 1 is 1.11 bits per heavy atom. The molecule has 3 rings (SSSR count). The molecule has 0 unspecified atom stereocenters. The molecule has 9 heteroatoms. The molecule has 0 aliphatic rings. The van der Waals surface area contributed by atoms with Gasteiger partial charge in [-0.1, -0.05) is 17.7 Å². The van der Waals surface area contributed by atoms with Crippen LogP contribution in [0, 0.1) is 12.7 Å². The Kier molecular flexibility index (Phi) is 6.23. The highest BCUT2D eigenvalue weighted by Gasteiger charge is 2.11. The van der Waals surface area contributed by atoms with Crippen molar-refractivity contribution in [3.05, 3.63) is 69.9 Å². The van der Waals surface area contributed by atoms with E-state index in [1.807, 2.05) is 13.0 Å². The molecule has 0 atom stereocenters. The van der Waals surface area contributed by atoms with E-state index in [9.17, 15) is 14.0 Å². The molecule has 2 aromatic carbocycles. The number of carbonyl (C=O) groups excluding carboxylic acids is 2. The number of rotatable bonds is 5. The Hall–Kier alpha value is -2.97. The number of carbonyl (C=O) groups is 2. The number of anilines is 3. The first-order valence-corrected chi connectivity index (χ1v) is 9.49. The zero-order chi connectivity index (χ0) is 20.1. The highest BCUT2D eigenvalue weighted by atomic mass is 35.5. The fourth-order valence-electron chi connectivity index (χ4n) is 2.33. The maximum absolute atomic E-state index is 12.9. The van der Waals surface area contributed by atoms with Crippen LogP contribution in [0.15, 0.2) is 47.8 Å². The number of halogens is 2. The molecular formula is C19H16ClFN4O2S. The van der Waals surface area contributed by atoms with Gasteiger partial charge in [-0.15, -0.1) is 11.3 Å². The molecule has 0 aliphatic heterocycles. The van der Waals surface area contributed by atoms with Crippen LogP contribution in [0.2, 0.25) is 5.02 Å². The van der Waals surface area contributed by atoms with Crippen molar-refractivity contribution in [1.82, 2.24) is 4.98 Å². The number of aromatic nitrogens is 1. The quantitative estimate of drug-likeness (QED) is 0.541. The van der Waals surface area contributed by atoms with Crippen LogP contribution < -0.4 is 16.0 Å². The molecule has 0 saturated heterocycles. The van der Waals surface area contributed by atoms with Crippen molar-refractivity contribution < 1.29 is 14.0 Å². The van der Waals surface area contributed by atoms with E-state index in [-0.39, 0.29) is 18.1 Å². The molecule has 0 fully saturated rings. The first kappa shape index (κ1) is 19.8. The van der Waals surface area contributed by atoms with Gasteiger partial charge < -0.3 is 10.6 Å². The molecule has 28 heavy (non-hydrogen) atoms. The number of thiazole rings is 1. The van der Waals surface area contributed by atoms with Crippen LogP contribution in [0.5, 0.6) is 0 Å². The van der Waals surface area contributed by atoms with Crippen molar-refractivity contribution in [3.8, 4) is 0 Å². The minimum absolute atomic E-state index is 0.0592. The predicted molar refractivity (Wildman–Crippen MR) is 110 cm³/mol. The third-order valence-electron chi connectivity index (χ3n) is 3.69. The average molecular weight is 419 g/mol. The molecule has 3 N–H and O–H groups in total. The molecule has 0 aliphatic carbocycles. The summed E-state index contributed by atoms with van der Waals surface area (Å²) in [6.45, 7) is 1.87. The standard InChI is InChI=1S/C19H16ClFN4O2S/c1-11-2-3-12(20)8-16(11)24-17(26)9-15-10-28-19(23-15)25-18(27)22-14-6-4-13(21)5-7-14/h2-8,10H,9H2,1H3,(H,24,26)(H2,22,23,25,27). The summed E-state index contributed by atoms with van der Waals surface area (Å²) in [6, 6.07) is 10.1.